The maximum atomic E-state index is 14.0. The van der Waals surface area contributed by atoms with Crippen molar-refractivity contribution in [2.24, 2.45) is 5.73 Å². The number of benzene rings is 3. The predicted octanol–water partition coefficient (Wildman–Crippen LogP) is 0.753. The zero-order valence-electron chi connectivity index (χ0n) is 32.1. The monoisotopic (exact) mass is 844 g/mol. The molecule has 0 aliphatic rings. The van der Waals surface area contributed by atoms with E-state index in [2.05, 4.69) is 61.8 Å². The van der Waals surface area contributed by atoms with Gasteiger partial charge in [0.25, 0.3) is 0 Å². The number of fused-ring (bicyclic) bond motifs is 2. The molecule has 0 saturated heterocycles. The van der Waals surface area contributed by atoms with Crippen molar-refractivity contribution < 1.29 is 39.0 Å². The molecule has 2 aromatic heterocycles. The van der Waals surface area contributed by atoms with Crippen LogP contribution in [0, 0.1) is 0 Å². The minimum Gasteiger partial charge on any atom is -0.480 e. The van der Waals surface area contributed by atoms with Gasteiger partial charge in [-0.1, -0.05) is 66.7 Å². The second-order valence-electron chi connectivity index (χ2n) is 14.1. The third-order valence-corrected chi connectivity index (χ3v) is 10.5. The number of thiol groups is 2. The van der Waals surface area contributed by atoms with Gasteiger partial charge in [-0.2, -0.15) is 25.3 Å². The fourth-order valence-corrected chi connectivity index (χ4v) is 7.05. The number of hydrogen-bond donors (Lipinski definition) is 12. The Balaban J connectivity index is 1.31. The minimum absolute atomic E-state index is 0.0433. The summed E-state index contributed by atoms with van der Waals surface area (Å²) in [6, 6.07) is 15.6. The van der Waals surface area contributed by atoms with Crippen molar-refractivity contribution in [3.8, 4) is 0 Å². The Morgan fingerprint density at radius 3 is 1.59 bits per heavy atom. The van der Waals surface area contributed by atoms with Crippen LogP contribution in [0.3, 0.4) is 0 Å². The highest BCUT2D eigenvalue weighted by atomic mass is 32.1. The number of carboxylic acids is 1. The Morgan fingerprint density at radius 1 is 0.593 bits per heavy atom. The summed E-state index contributed by atoms with van der Waals surface area (Å²) < 4.78 is 0. The number of carbonyl (C=O) groups excluding carboxylic acids is 5. The largest absolute Gasteiger partial charge is 0.480 e. The van der Waals surface area contributed by atoms with Gasteiger partial charge in [-0.05, 0) is 42.2 Å². The van der Waals surface area contributed by atoms with Gasteiger partial charge in [-0.15, -0.1) is 0 Å². The average Bonchev–Trinajstić information content (AvgIpc) is 3.83. The maximum Gasteiger partial charge on any atom is 0.327 e. The first kappa shape index (κ1) is 44.3. The second kappa shape index (κ2) is 20.7. The number of aliphatic hydroxyl groups is 1. The van der Waals surface area contributed by atoms with Gasteiger partial charge in [-0.25, -0.2) is 4.79 Å². The zero-order chi connectivity index (χ0) is 42.6. The van der Waals surface area contributed by atoms with E-state index >= 15 is 0 Å². The number of aliphatic carboxylic acids is 1. The average molecular weight is 845 g/mol. The van der Waals surface area contributed by atoms with Crippen molar-refractivity contribution in [3.05, 3.63) is 108 Å². The highest BCUT2D eigenvalue weighted by molar-refractivity contribution is 7.80. The summed E-state index contributed by atoms with van der Waals surface area (Å²) in [5.74, 6) is -5.77. The molecular weight excluding hydrogens is 797 g/mol. The van der Waals surface area contributed by atoms with Gasteiger partial charge in [-0.3, -0.25) is 24.0 Å². The first-order valence-electron chi connectivity index (χ1n) is 18.8. The first-order chi connectivity index (χ1) is 28.3. The van der Waals surface area contributed by atoms with Gasteiger partial charge in [0.15, 0.2) is 0 Å². The molecule has 0 saturated carbocycles. The molecule has 18 heteroatoms. The topological polar surface area (TPSA) is 261 Å². The molecule has 0 radical (unpaired) electrons. The lowest BCUT2D eigenvalue weighted by molar-refractivity contribution is -0.141. The summed E-state index contributed by atoms with van der Waals surface area (Å²) in [7, 11) is 0. The van der Waals surface area contributed by atoms with Gasteiger partial charge < -0.3 is 52.5 Å². The van der Waals surface area contributed by atoms with Gasteiger partial charge in [0.05, 0.1) is 12.1 Å². The van der Waals surface area contributed by atoms with Crippen LogP contribution in [0.2, 0.25) is 0 Å². The van der Waals surface area contributed by atoms with E-state index in [1.54, 1.807) is 42.7 Å². The molecule has 3 aromatic carbocycles. The van der Waals surface area contributed by atoms with E-state index in [1.165, 1.54) is 6.92 Å². The molecule has 11 N–H and O–H groups in total. The van der Waals surface area contributed by atoms with E-state index in [4.69, 9.17) is 5.73 Å². The van der Waals surface area contributed by atoms with Gasteiger partial charge in [0, 0.05) is 58.5 Å². The van der Waals surface area contributed by atoms with E-state index in [0.717, 1.165) is 27.4 Å². The molecule has 0 spiro atoms. The lowest BCUT2D eigenvalue weighted by Crippen LogP contribution is -2.61. The number of rotatable bonds is 20. The molecule has 5 amide bonds. The summed E-state index contributed by atoms with van der Waals surface area (Å²) in [5, 5.41) is 34.6. The summed E-state index contributed by atoms with van der Waals surface area (Å²) in [6.07, 6.45) is 2.07. The molecule has 0 aliphatic carbocycles. The Morgan fingerprint density at radius 2 is 1.05 bits per heavy atom. The summed E-state index contributed by atoms with van der Waals surface area (Å²) in [5.41, 5.74) is 9.99. The van der Waals surface area contributed by atoms with Crippen LogP contribution < -0.4 is 32.3 Å². The Bertz CT molecular complexity index is 2270. The molecule has 2 heterocycles. The normalized spacial score (nSPS) is 14.9. The lowest BCUT2D eigenvalue weighted by Gasteiger charge is -2.27. The third-order valence-electron chi connectivity index (χ3n) is 9.77. The number of carboxylic acid groups (broad SMARTS) is 1. The van der Waals surface area contributed by atoms with Crippen molar-refractivity contribution in [3.63, 3.8) is 0 Å². The van der Waals surface area contributed by atoms with Crippen LogP contribution in [0.1, 0.15) is 23.6 Å². The second-order valence-corrected chi connectivity index (χ2v) is 14.8. The number of nitrogens with two attached hydrogens (primary N) is 1. The number of amides is 5. The fourth-order valence-electron chi connectivity index (χ4n) is 6.54. The Hall–Kier alpha value is -5.82. The van der Waals surface area contributed by atoms with Crippen LogP contribution in [0.4, 0.5) is 0 Å². The van der Waals surface area contributed by atoms with E-state index in [1.807, 2.05) is 48.5 Å². The van der Waals surface area contributed by atoms with Gasteiger partial charge >= 0.3 is 5.97 Å². The number of aliphatic hydroxyl groups excluding tert-OH is 1. The maximum absolute atomic E-state index is 14.0. The molecule has 5 rings (SSSR count). The van der Waals surface area contributed by atoms with Gasteiger partial charge in [0.1, 0.15) is 30.2 Å². The fraction of sp³-hybridized carbons (Fsp3) is 0.317. The number of carbonyl (C=O) groups is 6. The minimum atomic E-state index is -1.51. The third kappa shape index (κ3) is 11.7. The molecule has 312 valence electrons. The van der Waals surface area contributed by atoms with Crippen LogP contribution in [0.5, 0.6) is 0 Å². The van der Waals surface area contributed by atoms with E-state index < -0.39 is 77.9 Å². The molecule has 0 aliphatic heterocycles. The van der Waals surface area contributed by atoms with Crippen molar-refractivity contribution >= 4 is 82.6 Å². The Labute approximate surface area is 350 Å². The van der Waals surface area contributed by atoms with Crippen molar-refractivity contribution in [1.82, 2.24) is 36.6 Å². The van der Waals surface area contributed by atoms with Crippen molar-refractivity contribution in [2.75, 3.05) is 11.5 Å². The smallest absolute Gasteiger partial charge is 0.327 e. The number of aromatic nitrogens is 2. The van der Waals surface area contributed by atoms with E-state index in [9.17, 15) is 39.0 Å². The summed E-state index contributed by atoms with van der Waals surface area (Å²) in [6.45, 7) is 1.31. The number of hydrogen-bond acceptors (Lipinski definition) is 10. The number of aromatic amines is 2. The number of H-pyrrole nitrogens is 2. The standard InChI is InChI=1S/C41H48N8O8S2/c1-22(50)35(49-36(51)28(42)16-24-18-43-29-13-7-5-11-26(24)29)40(55)46-31(15-23-9-3-2-4-10-23)37(52)47-33(20-58)39(54)45-32(38(53)48-34(21-59)41(56)57)17-25-19-44-30-14-8-6-12-27(25)30/h2-14,18-19,22,28,31-35,43-44,50,58-59H,15-17,20-21,42H2,1H3,(H,45,54)(H,46,55)(H,47,52)(H,48,53)(H,49,51)(H,56,57)/t22-,28+,31+,32+,33+,34+,35+/m1/s1. The van der Waals surface area contributed by atoms with Crippen LogP contribution >= 0.6 is 25.3 Å². The molecule has 0 bridgehead atoms. The van der Waals surface area contributed by atoms with Crippen LogP contribution in [0.25, 0.3) is 21.8 Å². The SMILES string of the molecule is C[C@@H](O)[C@H](NC(=O)[C@@H](N)Cc1c[nH]c2ccccc12)C(=O)N[C@@H](Cc1ccccc1)C(=O)N[C@@H](CS)C(=O)N[C@@H](Cc1c[nH]c2ccccc12)C(=O)N[C@@H](CS)C(=O)O. The molecule has 0 unspecified atom stereocenters. The predicted molar refractivity (Wildman–Crippen MR) is 229 cm³/mol. The van der Waals surface area contributed by atoms with Crippen LogP contribution in [0.15, 0.2) is 91.3 Å². The number of para-hydroxylation sites is 2. The first-order valence-corrected chi connectivity index (χ1v) is 20.1. The molecule has 7 atom stereocenters. The summed E-state index contributed by atoms with van der Waals surface area (Å²) >= 11 is 8.32. The number of nitrogens with one attached hydrogen (secondary N) is 7. The molecule has 0 fully saturated rings. The molecular formula is C41H48N8O8S2. The molecule has 16 nitrogen and oxygen atoms in total. The lowest BCUT2D eigenvalue weighted by atomic mass is 10.0. The molecule has 59 heavy (non-hydrogen) atoms. The van der Waals surface area contributed by atoms with Crippen LogP contribution in [-0.4, -0.2) is 110 Å². The Kier molecular flexibility index (Phi) is 15.6. The van der Waals surface area contributed by atoms with Gasteiger partial charge in [0.2, 0.25) is 29.5 Å². The summed E-state index contributed by atoms with van der Waals surface area (Å²) in [4.78, 5) is 86.3. The van der Waals surface area contributed by atoms with Crippen molar-refractivity contribution in [2.45, 2.75) is 68.5 Å². The molecule has 5 aromatic rings. The quantitative estimate of drug-likeness (QED) is 0.0493. The highest BCUT2D eigenvalue weighted by Gasteiger charge is 2.34. The van der Waals surface area contributed by atoms with E-state index in [-0.39, 0.29) is 30.8 Å². The highest BCUT2D eigenvalue weighted by Crippen LogP contribution is 2.20. The van der Waals surface area contributed by atoms with Crippen molar-refractivity contribution in [1.29, 1.82) is 0 Å². The van der Waals surface area contributed by atoms with E-state index in [0.29, 0.717) is 11.1 Å². The van der Waals surface area contributed by atoms with Crippen LogP contribution in [-0.2, 0) is 48.0 Å². The zero-order valence-corrected chi connectivity index (χ0v) is 33.8.